The van der Waals surface area contributed by atoms with E-state index >= 15 is 0 Å². The van der Waals surface area contributed by atoms with Crippen molar-refractivity contribution in [3.05, 3.63) is 29.3 Å². The minimum absolute atomic E-state index is 0.344. The number of fused-ring (bicyclic) bond motifs is 1. The number of morpholine rings is 1. The number of hydrogen-bond donors (Lipinski definition) is 1. The van der Waals surface area contributed by atoms with E-state index < -0.39 is 5.97 Å². The summed E-state index contributed by atoms with van der Waals surface area (Å²) >= 11 is 0. The van der Waals surface area contributed by atoms with Crippen LogP contribution < -0.4 is 4.90 Å². The second kappa shape index (κ2) is 5.44. The van der Waals surface area contributed by atoms with Crippen molar-refractivity contribution in [2.75, 3.05) is 18.1 Å². The van der Waals surface area contributed by atoms with Gasteiger partial charge < -0.3 is 14.7 Å². The Bertz CT molecular complexity index is 512. The molecule has 3 rings (SSSR count). The van der Waals surface area contributed by atoms with Crippen LogP contribution in [0.15, 0.2) is 18.2 Å². The lowest BCUT2D eigenvalue weighted by Gasteiger charge is -2.45. The van der Waals surface area contributed by atoms with Gasteiger partial charge in [0, 0.05) is 12.2 Å². The molecule has 1 aromatic rings. The first-order valence-corrected chi connectivity index (χ1v) is 7.39. The van der Waals surface area contributed by atoms with Crippen molar-refractivity contribution < 1.29 is 14.6 Å². The molecule has 0 spiro atoms. The first-order chi connectivity index (χ1) is 9.66. The Labute approximate surface area is 119 Å². The fraction of sp³-hybridized carbons (Fsp3) is 0.562. The number of hydrogen-bond acceptors (Lipinski definition) is 3. The summed E-state index contributed by atoms with van der Waals surface area (Å²) in [7, 11) is 0. The smallest absolute Gasteiger partial charge is 0.335 e. The van der Waals surface area contributed by atoms with Crippen molar-refractivity contribution in [1.82, 2.24) is 0 Å². The summed E-state index contributed by atoms with van der Waals surface area (Å²) in [5, 5.41) is 9.06. The van der Waals surface area contributed by atoms with Gasteiger partial charge in [0.05, 0.1) is 24.3 Å². The molecule has 2 fully saturated rings. The van der Waals surface area contributed by atoms with Crippen LogP contribution in [0.4, 0.5) is 5.69 Å². The Morgan fingerprint density at radius 1 is 1.35 bits per heavy atom. The Kier molecular flexibility index (Phi) is 3.66. The summed E-state index contributed by atoms with van der Waals surface area (Å²) < 4.78 is 5.90. The standard InChI is InChI=1S/C16H21NO3/c1-11-10-12(16(18)19)6-7-13(11)17-8-9-20-15-5-3-2-4-14(15)17/h6-7,10,14-15H,2-5,8-9H2,1H3,(H,18,19). The predicted octanol–water partition coefficient (Wildman–Crippen LogP) is 2.84. The van der Waals surface area contributed by atoms with E-state index in [-0.39, 0.29) is 0 Å². The number of aryl methyl sites for hydroxylation is 1. The number of ether oxygens (including phenoxy) is 1. The number of carbonyl (C=O) groups is 1. The number of carboxylic acid groups (broad SMARTS) is 1. The highest BCUT2D eigenvalue weighted by Gasteiger charge is 2.34. The van der Waals surface area contributed by atoms with Gasteiger partial charge >= 0.3 is 5.97 Å². The van der Waals surface area contributed by atoms with Crippen LogP contribution in [0.2, 0.25) is 0 Å². The average Bonchev–Trinajstić information content (AvgIpc) is 2.46. The Morgan fingerprint density at radius 2 is 2.15 bits per heavy atom. The van der Waals surface area contributed by atoms with Gasteiger partial charge in [-0.25, -0.2) is 4.79 Å². The van der Waals surface area contributed by atoms with Gasteiger partial charge in [0.2, 0.25) is 0 Å². The molecule has 4 heteroatoms. The molecule has 0 bridgehead atoms. The Morgan fingerprint density at radius 3 is 2.90 bits per heavy atom. The van der Waals surface area contributed by atoms with Crippen LogP contribution in [-0.2, 0) is 4.74 Å². The van der Waals surface area contributed by atoms with Crippen LogP contribution in [0.25, 0.3) is 0 Å². The molecule has 1 aromatic carbocycles. The zero-order chi connectivity index (χ0) is 14.1. The van der Waals surface area contributed by atoms with E-state index in [0.29, 0.717) is 17.7 Å². The van der Waals surface area contributed by atoms with Crippen molar-refractivity contribution in [2.45, 2.75) is 44.8 Å². The average molecular weight is 275 g/mol. The maximum Gasteiger partial charge on any atom is 0.335 e. The molecule has 4 nitrogen and oxygen atoms in total. The fourth-order valence-corrected chi connectivity index (χ4v) is 3.51. The normalized spacial score (nSPS) is 26.1. The molecule has 1 aliphatic heterocycles. The molecule has 1 saturated heterocycles. The lowest BCUT2D eigenvalue weighted by Crippen LogP contribution is -2.53. The molecule has 1 heterocycles. The van der Waals surface area contributed by atoms with E-state index in [1.165, 1.54) is 19.3 Å². The van der Waals surface area contributed by atoms with Crippen molar-refractivity contribution in [1.29, 1.82) is 0 Å². The van der Waals surface area contributed by atoms with E-state index in [2.05, 4.69) is 4.90 Å². The van der Waals surface area contributed by atoms with E-state index in [9.17, 15) is 4.79 Å². The summed E-state index contributed by atoms with van der Waals surface area (Å²) in [5.74, 6) is -0.864. The minimum Gasteiger partial charge on any atom is -0.478 e. The van der Waals surface area contributed by atoms with Crippen LogP contribution in [-0.4, -0.2) is 36.4 Å². The van der Waals surface area contributed by atoms with E-state index in [1.54, 1.807) is 12.1 Å². The molecule has 1 aliphatic carbocycles. The maximum atomic E-state index is 11.0. The highest BCUT2D eigenvalue weighted by molar-refractivity contribution is 5.88. The molecule has 1 N–H and O–H groups in total. The molecule has 2 unspecified atom stereocenters. The van der Waals surface area contributed by atoms with E-state index in [4.69, 9.17) is 9.84 Å². The second-order valence-corrected chi connectivity index (χ2v) is 5.76. The van der Waals surface area contributed by atoms with Crippen LogP contribution in [0.5, 0.6) is 0 Å². The number of benzene rings is 1. The summed E-state index contributed by atoms with van der Waals surface area (Å²) in [5.41, 5.74) is 2.56. The molecule has 0 amide bonds. The third kappa shape index (κ3) is 2.40. The van der Waals surface area contributed by atoms with Crippen molar-refractivity contribution in [2.24, 2.45) is 0 Å². The van der Waals surface area contributed by atoms with Gasteiger partial charge in [-0.3, -0.25) is 0 Å². The number of aromatic carboxylic acids is 1. The summed E-state index contributed by atoms with van der Waals surface area (Å²) in [6.45, 7) is 3.66. The topological polar surface area (TPSA) is 49.8 Å². The third-order valence-electron chi connectivity index (χ3n) is 4.49. The Balaban J connectivity index is 1.89. The highest BCUT2D eigenvalue weighted by atomic mass is 16.5. The Hall–Kier alpha value is -1.55. The number of carboxylic acids is 1. The quantitative estimate of drug-likeness (QED) is 0.901. The first-order valence-electron chi connectivity index (χ1n) is 7.39. The van der Waals surface area contributed by atoms with Crippen LogP contribution in [0, 0.1) is 6.92 Å². The summed E-state index contributed by atoms with van der Waals surface area (Å²) in [6, 6.07) is 5.88. The molecule has 108 valence electrons. The molecule has 20 heavy (non-hydrogen) atoms. The van der Waals surface area contributed by atoms with Crippen molar-refractivity contribution in [3.8, 4) is 0 Å². The first kappa shape index (κ1) is 13.4. The van der Waals surface area contributed by atoms with E-state index in [1.807, 2.05) is 13.0 Å². The van der Waals surface area contributed by atoms with Gasteiger partial charge in [0.15, 0.2) is 0 Å². The highest BCUT2D eigenvalue weighted by Crippen LogP contribution is 2.33. The van der Waals surface area contributed by atoms with Crippen LogP contribution >= 0.6 is 0 Å². The largest absolute Gasteiger partial charge is 0.478 e. The molecular formula is C16H21NO3. The van der Waals surface area contributed by atoms with Crippen molar-refractivity contribution >= 4 is 11.7 Å². The lowest BCUT2D eigenvalue weighted by molar-refractivity contribution is -0.00872. The van der Waals surface area contributed by atoms with Gasteiger partial charge in [-0.15, -0.1) is 0 Å². The fourth-order valence-electron chi connectivity index (χ4n) is 3.51. The summed E-state index contributed by atoms with van der Waals surface area (Å²) in [4.78, 5) is 13.5. The maximum absolute atomic E-state index is 11.0. The van der Waals surface area contributed by atoms with E-state index in [0.717, 1.165) is 30.8 Å². The zero-order valence-corrected chi connectivity index (χ0v) is 11.8. The lowest BCUT2D eigenvalue weighted by atomic mass is 9.89. The SMILES string of the molecule is Cc1cc(C(=O)O)ccc1N1CCOC2CCCCC21. The van der Waals surface area contributed by atoms with Gasteiger partial charge in [-0.05, 0) is 43.5 Å². The number of rotatable bonds is 2. The monoisotopic (exact) mass is 275 g/mol. The van der Waals surface area contributed by atoms with Crippen LogP contribution in [0.3, 0.4) is 0 Å². The van der Waals surface area contributed by atoms with Gasteiger partial charge in [0.25, 0.3) is 0 Å². The third-order valence-corrected chi connectivity index (χ3v) is 4.49. The van der Waals surface area contributed by atoms with Gasteiger partial charge in [0.1, 0.15) is 0 Å². The number of nitrogens with zero attached hydrogens (tertiary/aromatic N) is 1. The molecular weight excluding hydrogens is 254 g/mol. The predicted molar refractivity (Wildman–Crippen MR) is 77.5 cm³/mol. The second-order valence-electron chi connectivity index (χ2n) is 5.76. The minimum atomic E-state index is -0.864. The van der Waals surface area contributed by atoms with Crippen LogP contribution in [0.1, 0.15) is 41.6 Å². The zero-order valence-electron chi connectivity index (χ0n) is 11.8. The molecule has 2 aliphatic rings. The molecule has 0 aromatic heterocycles. The van der Waals surface area contributed by atoms with Crippen molar-refractivity contribution in [3.63, 3.8) is 0 Å². The number of anilines is 1. The molecule has 1 saturated carbocycles. The molecule has 0 radical (unpaired) electrons. The van der Waals surface area contributed by atoms with Gasteiger partial charge in [-0.2, -0.15) is 0 Å². The summed E-state index contributed by atoms with van der Waals surface area (Å²) in [6.07, 6.45) is 5.17. The van der Waals surface area contributed by atoms with Gasteiger partial charge in [-0.1, -0.05) is 12.8 Å². The molecule has 2 atom stereocenters.